The monoisotopic (exact) mass is 268 g/mol. The molecule has 0 unspecified atom stereocenters. The quantitative estimate of drug-likeness (QED) is 0.794. The predicted molar refractivity (Wildman–Crippen MR) is 73.3 cm³/mol. The number of rotatable bonds is 7. The van der Waals surface area contributed by atoms with E-state index in [1.807, 2.05) is 6.92 Å². The van der Waals surface area contributed by atoms with Gasteiger partial charge in [-0.1, -0.05) is 19.4 Å². The molecule has 106 valence electrons. The lowest BCUT2D eigenvalue weighted by atomic mass is 10.1. The third kappa shape index (κ3) is 4.52. The van der Waals surface area contributed by atoms with Gasteiger partial charge in [0.05, 0.1) is 18.3 Å². The molecule has 0 spiro atoms. The number of carbonyl (C=O) groups is 1. The minimum Gasteiger partial charge on any atom is -0.389 e. The lowest BCUT2D eigenvalue weighted by Crippen LogP contribution is -2.35. The number of amides is 1. The number of nitrogens with two attached hydrogens (primary N) is 1. The van der Waals surface area contributed by atoms with Crippen molar-refractivity contribution in [2.75, 3.05) is 18.0 Å². The van der Waals surface area contributed by atoms with Gasteiger partial charge in [-0.3, -0.25) is 4.79 Å². The average molecular weight is 268 g/mol. The zero-order valence-electron chi connectivity index (χ0n) is 11.4. The molecule has 19 heavy (non-hydrogen) atoms. The Kier molecular flexibility index (Phi) is 5.76. The van der Waals surface area contributed by atoms with Crippen molar-refractivity contribution in [1.29, 1.82) is 0 Å². The Morgan fingerprint density at radius 1 is 1.53 bits per heavy atom. The second-order valence-corrected chi connectivity index (χ2v) is 4.63. The Morgan fingerprint density at radius 2 is 2.21 bits per heavy atom. The number of aliphatic hydroxyl groups excluding tert-OH is 1. The molecule has 1 rings (SSSR count). The van der Waals surface area contributed by atoms with E-state index in [0.717, 1.165) is 12.8 Å². The molecular formula is C14H21FN2O2. The van der Waals surface area contributed by atoms with Crippen LogP contribution in [0.1, 0.15) is 38.4 Å². The van der Waals surface area contributed by atoms with Crippen molar-refractivity contribution in [3.05, 3.63) is 29.6 Å². The first-order valence-electron chi connectivity index (χ1n) is 6.46. The molecule has 0 aliphatic rings. The molecule has 1 aromatic rings. The minimum atomic E-state index is -0.719. The summed E-state index contributed by atoms with van der Waals surface area (Å²) in [6, 6.07) is 4.53. The highest BCUT2D eigenvalue weighted by Gasteiger charge is 2.15. The van der Waals surface area contributed by atoms with E-state index in [9.17, 15) is 14.3 Å². The molecule has 4 nitrogen and oxygen atoms in total. The van der Waals surface area contributed by atoms with Crippen LogP contribution in [-0.2, 0) is 4.79 Å². The van der Waals surface area contributed by atoms with Gasteiger partial charge in [0.1, 0.15) is 5.82 Å². The highest BCUT2D eigenvalue weighted by molar-refractivity contribution is 5.79. The first kappa shape index (κ1) is 15.4. The number of primary amides is 1. The Labute approximate surface area is 113 Å². The van der Waals surface area contributed by atoms with Gasteiger partial charge in [-0.25, -0.2) is 4.39 Å². The van der Waals surface area contributed by atoms with E-state index in [1.165, 1.54) is 6.07 Å². The second kappa shape index (κ2) is 7.09. The Hall–Kier alpha value is -1.62. The molecule has 0 radical (unpaired) electrons. The SMILES string of the molecule is CCCCN(CC(N)=O)c1ccc([C@H](C)O)cc1F. The maximum Gasteiger partial charge on any atom is 0.236 e. The molecule has 1 amide bonds. The fourth-order valence-corrected chi connectivity index (χ4v) is 1.86. The van der Waals surface area contributed by atoms with E-state index < -0.39 is 17.8 Å². The largest absolute Gasteiger partial charge is 0.389 e. The third-order valence-electron chi connectivity index (χ3n) is 2.92. The van der Waals surface area contributed by atoms with Crippen LogP contribution in [-0.4, -0.2) is 24.1 Å². The van der Waals surface area contributed by atoms with Gasteiger partial charge in [0.2, 0.25) is 5.91 Å². The summed E-state index contributed by atoms with van der Waals surface area (Å²) >= 11 is 0. The average Bonchev–Trinajstić information content (AvgIpc) is 2.34. The van der Waals surface area contributed by atoms with E-state index in [-0.39, 0.29) is 6.54 Å². The number of halogens is 1. The molecule has 1 aromatic carbocycles. The molecule has 0 saturated carbocycles. The highest BCUT2D eigenvalue weighted by Crippen LogP contribution is 2.23. The Bertz CT molecular complexity index is 435. The molecule has 0 aliphatic heterocycles. The summed E-state index contributed by atoms with van der Waals surface area (Å²) in [6.07, 6.45) is 1.08. The van der Waals surface area contributed by atoms with Gasteiger partial charge in [0.15, 0.2) is 0 Å². The molecular weight excluding hydrogens is 247 g/mol. The van der Waals surface area contributed by atoms with Gasteiger partial charge in [-0.05, 0) is 31.0 Å². The van der Waals surface area contributed by atoms with Crippen molar-refractivity contribution in [2.45, 2.75) is 32.8 Å². The van der Waals surface area contributed by atoms with Gasteiger partial charge in [-0.15, -0.1) is 0 Å². The van der Waals surface area contributed by atoms with Crippen LogP contribution in [0.3, 0.4) is 0 Å². The molecule has 3 N–H and O–H groups in total. The standard InChI is InChI=1S/C14H21FN2O2/c1-3-4-7-17(9-14(16)19)13-6-5-11(10(2)18)8-12(13)15/h5-6,8,10,18H,3-4,7,9H2,1-2H3,(H2,16,19)/t10-/m0/s1. The molecule has 0 heterocycles. The van der Waals surface area contributed by atoms with E-state index in [4.69, 9.17) is 5.73 Å². The molecule has 0 aromatic heterocycles. The van der Waals surface area contributed by atoms with E-state index >= 15 is 0 Å². The van der Waals surface area contributed by atoms with Crippen molar-refractivity contribution >= 4 is 11.6 Å². The van der Waals surface area contributed by atoms with Crippen molar-refractivity contribution in [2.24, 2.45) is 5.73 Å². The molecule has 5 heteroatoms. The van der Waals surface area contributed by atoms with Gasteiger partial charge in [-0.2, -0.15) is 0 Å². The summed E-state index contributed by atoms with van der Waals surface area (Å²) in [5.41, 5.74) is 6.04. The van der Waals surface area contributed by atoms with Crippen LogP contribution in [0.25, 0.3) is 0 Å². The van der Waals surface area contributed by atoms with Crippen LogP contribution in [0.5, 0.6) is 0 Å². The Balaban J connectivity index is 2.97. The minimum absolute atomic E-state index is 0.00898. The summed E-state index contributed by atoms with van der Waals surface area (Å²) in [5.74, 6) is -0.939. The van der Waals surface area contributed by atoms with Crippen molar-refractivity contribution in [3.63, 3.8) is 0 Å². The highest BCUT2D eigenvalue weighted by atomic mass is 19.1. The normalized spacial score (nSPS) is 12.2. The number of hydrogen-bond donors (Lipinski definition) is 2. The summed E-state index contributed by atoms with van der Waals surface area (Å²) in [4.78, 5) is 12.7. The maximum absolute atomic E-state index is 14.0. The van der Waals surface area contributed by atoms with Gasteiger partial charge >= 0.3 is 0 Å². The smallest absolute Gasteiger partial charge is 0.236 e. The second-order valence-electron chi connectivity index (χ2n) is 4.63. The number of benzene rings is 1. The van der Waals surface area contributed by atoms with Crippen LogP contribution in [0.4, 0.5) is 10.1 Å². The van der Waals surface area contributed by atoms with Crippen molar-refractivity contribution < 1.29 is 14.3 Å². The summed E-state index contributed by atoms with van der Waals surface area (Å²) in [5, 5.41) is 9.41. The number of aliphatic hydroxyl groups is 1. The molecule has 0 saturated heterocycles. The molecule has 1 atom stereocenters. The first-order chi connectivity index (χ1) is 8.95. The zero-order valence-corrected chi connectivity index (χ0v) is 11.4. The number of hydrogen-bond acceptors (Lipinski definition) is 3. The fraction of sp³-hybridized carbons (Fsp3) is 0.500. The first-order valence-corrected chi connectivity index (χ1v) is 6.46. The maximum atomic E-state index is 14.0. The molecule has 0 bridgehead atoms. The lowest BCUT2D eigenvalue weighted by Gasteiger charge is -2.24. The predicted octanol–water partition coefficient (Wildman–Crippen LogP) is 1.97. The summed E-state index contributed by atoms with van der Waals surface area (Å²) < 4.78 is 14.0. The zero-order chi connectivity index (χ0) is 14.4. The molecule has 0 fully saturated rings. The van der Waals surface area contributed by atoms with Crippen molar-refractivity contribution in [1.82, 2.24) is 0 Å². The van der Waals surface area contributed by atoms with Crippen LogP contribution >= 0.6 is 0 Å². The summed E-state index contributed by atoms with van der Waals surface area (Å²) in [6.45, 7) is 4.16. The topological polar surface area (TPSA) is 66.6 Å². The number of unbranched alkanes of at least 4 members (excludes halogenated alkanes) is 1. The van der Waals surface area contributed by atoms with Crippen molar-refractivity contribution in [3.8, 4) is 0 Å². The lowest BCUT2D eigenvalue weighted by molar-refractivity contribution is -0.116. The fourth-order valence-electron chi connectivity index (χ4n) is 1.86. The summed E-state index contributed by atoms with van der Waals surface area (Å²) in [7, 11) is 0. The third-order valence-corrected chi connectivity index (χ3v) is 2.92. The Morgan fingerprint density at radius 3 is 2.68 bits per heavy atom. The van der Waals surface area contributed by atoms with Crippen LogP contribution in [0.15, 0.2) is 18.2 Å². The van der Waals surface area contributed by atoms with Crippen LogP contribution in [0, 0.1) is 5.82 Å². The molecule has 0 aliphatic carbocycles. The van der Waals surface area contributed by atoms with E-state index in [0.29, 0.717) is 17.8 Å². The number of carbonyl (C=O) groups excluding carboxylic acids is 1. The van der Waals surface area contributed by atoms with E-state index in [1.54, 1.807) is 24.0 Å². The van der Waals surface area contributed by atoms with Gasteiger partial charge < -0.3 is 15.7 Å². The van der Waals surface area contributed by atoms with Gasteiger partial charge in [0, 0.05) is 6.54 Å². The van der Waals surface area contributed by atoms with Crippen LogP contribution in [0.2, 0.25) is 0 Å². The van der Waals surface area contributed by atoms with Crippen LogP contribution < -0.4 is 10.6 Å². The number of anilines is 1. The number of nitrogens with zero attached hydrogens (tertiary/aromatic N) is 1. The van der Waals surface area contributed by atoms with E-state index in [2.05, 4.69) is 0 Å². The van der Waals surface area contributed by atoms with Gasteiger partial charge in [0.25, 0.3) is 0 Å².